The largest absolute Gasteiger partial charge is 0.484 e. The van der Waals surface area contributed by atoms with Gasteiger partial charge >= 0.3 is 0 Å². The van der Waals surface area contributed by atoms with E-state index in [-0.39, 0.29) is 18.3 Å². The van der Waals surface area contributed by atoms with Gasteiger partial charge in [-0.05, 0) is 29.8 Å². The maximum Gasteiger partial charge on any atom is 0.260 e. The number of para-hydroxylation sites is 1. The number of nitrogens with zero attached hydrogens (tertiary/aromatic N) is 1. The fourth-order valence-corrected chi connectivity index (χ4v) is 1.72. The molecule has 0 heterocycles. The van der Waals surface area contributed by atoms with Gasteiger partial charge in [0.1, 0.15) is 11.6 Å². The third kappa shape index (κ3) is 4.09. The number of rotatable bonds is 5. The van der Waals surface area contributed by atoms with E-state index in [2.05, 4.69) is 0 Å². The lowest BCUT2D eigenvalue weighted by atomic mass is 10.2. The van der Waals surface area contributed by atoms with Gasteiger partial charge in [-0.2, -0.15) is 0 Å². The summed E-state index contributed by atoms with van der Waals surface area (Å²) < 4.78 is 18.2. The van der Waals surface area contributed by atoms with E-state index < -0.39 is 0 Å². The molecule has 1 amide bonds. The van der Waals surface area contributed by atoms with Crippen molar-refractivity contribution in [1.29, 1.82) is 0 Å². The number of carbonyl (C=O) groups is 1. The number of ether oxygens (including phenoxy) is 1. The van der Waals surface area contributed by atoms with E-state index in [0.29, 0.717) is 12.3 Å². The van der Waals surface area contributed by atoms with Gasteiger partial charge in [0.2, 0.25) is 0 Å². The predicted octanol–water partition coefficient (Wildman–Crippen LogP) is 2.86. The van der Waals surface area contributed by atoms with Gasteiger partial charge in [0, 0.05) is 13.6 Å². The molecule has 2 aromatic rings. The monoisotopic (exact) mass is 273 g/mol. The van der Waals surface area contributed by atoms with Gasteiger partial charge < -0.3 is 9.64 Å². The van der Waals surface area contributed by atoms with Gasteiger partial charge in [-0.15, -0.1) is 0 Å². The van der Waals surface area contributed by atoms with Crippen LogP contribution < -0.4 is 4.74 Å². The highest BCUT2D eigenvalue weighted by Crippen LogP contribution is 2.09. The SMILES string of the molecule is CN(Cc1ccc(F)cc1)C(=O)COc1ccccc1. The van der Waals surface area contributed by atoms with Crippen LogP contribution in [0.3, 0.4) is 0 Å². The van der Waals surface area contributed by atoms with Crippen molar-refractivity contribution in [1.82, 2.24) is 4.90 Å². The van der Waals surface area contributed by atoms with E-state index in [1.54, 1.807) is 36.2 Å². The lowest BCUT2D eigenvalue weighted by Crippen LogP contribution is -2.30. The molecule has 3 nitrogen and oxygen atoms in total. The van der Waals surface area contributed by atoms with Gasteiger partial charge in [-0.1, -0.05) is 30.3 Å². The number of likely N-dealkylation sites (N-methyl/N-ethyl adjacent to an activating group) is 1. The van der Waals surface area contributed by atoms with Gasteiger partial charge in [0.25, 0.3) is 5.91 Å². The van der Waals surface area contributed by atoms with Crippen LogP contribution in [0.5, 0.6) is 5.75 Å². The van der Waals surface area contributed by atoms with Gasteiger partial charge in [-0.25, -0.2) is 4.39 Å². The predicted molar refractivity (Wildman–Crippen MR) is 74.8 cm³/mol. The first-order valence-electron chi connectivity index (χ1n) is 6.31. The Kier molecular flexibility index (Phi) is 4.71. The standard InChI is InChI=1S/C16H16FNO2/c1-18(11-13-7-9-14(17)10-8-13)16(19)12-20-15-5-3-2-4-6-15/h2-10H,11-12H2,1H3. The first-order valence-corrected chi connectivity index (χ1v) is 6.31. The molecule has 2 rings (SSSR count). The lowest BCUT2D eigenvalue weighted by molar-refractivity contribution is -0.132. The number of amides is 1. The molecule has 0 aliphatic heterocycles. The van der Waals surface area contributed by atoms with Crippen LogP contribution in [-0.2, 0) is 11.3 Å². The van der Waals surface area contributed by atoms with Crippen LogP contribution in [0.15, 0.2) is 54.6 Å². The van der Waals surface area contributed by atoms with Crippen molar-refractivity contribution in [2.24, 2.45) is 0 Å². The van der Waals surface area contributed by atoms with Crippen LogP contribution in [0.1, 0.15) is 5.56 Å². The Morgan fingerprint density at radius 3 is 2.40 bits per heavy atom. The van der Waals surface area contributed by atoms with E-state index in [0.717, 1.165) is 5.56 Å². The normalized spacial score (nSPS) is 10.1. The molecule has 4 heteroatoms. The summed E-state index contributed by atoms with van der Waals surface area (Å²) in [6.45, 7) is 0.416. The van der Waals surface area contributed by atoms with Crippen LogP contribution in [0, 0.1) is 5.82 Å². The van der Waals surface area contributed by atoms with Crippen molar-refractivity contribution in [3.63, 3.8) is 0 Å². The minimum atomic E-state index is -0.282. The average molecular weight is 273 g/mol. The van der Waals surface area contributed by atoms with E-state index in [4.69, 9.17) is 4.74 Å². The van der Waals surface area contributed by atoms with Crippen LogP contribution in [0.4, 0.5) is 4.39 Å². The zero-order valence-corrected chi connectivity index (χ0v) is 11.3. The summed E-state index contributed by atoms with van der Waals surface area (Å²) in [5.74, 6) is 0.254. The highest BCUT2D eigenvalue weighted by Gasteiger charge is 2.10. The topological polar surface area (TPSA) is 29.5 Å². The van der Waals surface area contributed by atoms with E-state index in [9.17, 15) is 9.18 Å². The van der Waals surface area contributed by atoms with Gasteiger partial charge in [0.05, 0.1) is 0 Å². The Morgan fingerprint density at radius 1 is 1.10 bits per heavy atom. The first kappa shape index (κ1) is 14.1. The number of hydrogen-bond donors (Lipinski definition) is 0. The van der Waals surface area contributed by atoms with Crippen LogP contribution >= 0.6 is 0 Å². The number of halogens is 1. The summed E-state index contributed by atoms with van der Waals surface area (Å²) in [6, 6.07) is 15.3. The minimum Gasteiger partial charge on any atom is -0.484 e. The van der Waals surface area contributed by atoms with E-state index in [1.165, 1.54) is 12.1 Å². The van der Waals surface area contributed by atoms with Crippen molar-refractivity contribution in [2.45, 2.75) is 6.54 Å². The molecule has 0 aliphatic carbocycles. The van der Waals surface area contributed by atoms with E-state index in [1.807, 2.05) is 18.2 Å². The summed E-state index contributed by atoms with van der Waals surface area (Å²) in [5, 5.41) is 0. The molecule has 0 radical (unpaired) electrons. The van der Waals surface area contributed by atoms with Crippen molar-refractivity contribution in [2.75, 3.05) is 13.7 Å². The first-order chi connectivity index (χ1) is 9.65. The van der Waals surface area contributed by atoms with E-state index >= 15 is 0 Å². The third-order valence-electron chi connectivity index (χ3n) is 2.86. The van der Waals surface area contributed by atoms with Crippen molar-refractivity contribution < 1.29 is 13.9 Å². The molecule has 0 saturated carbocycles. The second kappa shape index (κ2) is 6.70. The molecule has 0 saturated heterocycles. The van der Waals surface area contributed by atoms with Crippen molar-refractivity contribution in [3.8, 4) is 5.75 Å². The molecule has 0 N–H and O–H groups in total. The molecule has 2 aromatic carbocycles. The lowest BCUT2D eigenvalue weighted by Gasteiger charge is -2.17. The second-order valence-corrected chi connectivity index (χ2v) is 4.48. The fourth-order valence-electron chi connectivity index (χ4n) is 1.72. The smallest absolute Gasteiger partial charge is 0.260 e. The molecule has 104 valence electrons. The van der Waals surface area contributed by atoms with Crippen molar-refractivity contribution >= 4 is 5.91 Å². The molecule has 0 atom stereocenters. The maximum atomic E-state index is 12.8. The molecule has 0 spiro atoms. The third-order valence-corrected chi connectivity index (χ3v) is 2.86. The Balaban J connectivity index is 1.84. The molecule has 20 heavy (non-hydrogen) atoms. The summed E-state index contributed by atoms with van der Waals surface area (Å²) in [4.78, 5) is 13.5. The van der Waals surface area contributed by atoms with Crippen LogP contribution in [-0.4, -0.2) is 24.5 Å². The quantitative estimate of drug-likeness (QED) is 0.838. The second-order valence-electron chi connectivity index (χ2n) is 4.48. The Hall–Kier alpha value is -2.36. The number of carbonyl (C=O) groups excluding carboxylic acids is 1. The summed E-state index contributed by atoms with van der Waals surface area (Å²) in [6.07, 6.45) is 0. The zero-order valence-electron chi connectivity index (χ0n) is 11.3. The molecular formula is C16H16FNO2. The molecule has 0 aromatic heterocycles. The van der Waals surface area contributed by atoms with Crippen LogP contribution in [0.25, 0.3) is 0 Å². The number of hydrogen-bond acceptors (Lipinski definition) is 2. The highest BCUT2D eigenvalue weighted by molar-refractivity contribution is 5.77. The Labute approximate surface area is 117 Å². The summed E-state index contributed by atoms with van der Waals surface area (Å²) in [7, 11) is 1.69. The summed E-state index contributed by atoms with van der Waals surface area (Å²) in [5.41, 5.74) is 0.877. The highest BCUT2D eigenvalue weighted by atomic mass is 19.1. The molecule has 0 fully saturated rings. The maximum absolute atomic E-state index is 12.8. The van der Waals surface area contributed by atoms with Gasteiger partial charge in [0.15, 0.2) is 6.61 Å². The fraction of sp³-hybridized carbons (Fsp3) is 0.188. The zero-order chi connectivity index (χ0) is 14.4. The number of benzene rings is 2. The molecular weight excluding hydrogens is 257 g/mol. The molecule has 0 bridgehead atoms. The van der Waals surface area contributed by atoms with Gasteiger partial charge in [-0.3, -0.25) is 4.79 Å². The Bertz CT molecular complexity index is 554. The molecule has 0 unspecified atom stereocenters. The molecule has 0 aliphatic rings. The van der Waals surface area contributed by atoms with Crippen molar-refractivity contribution in [3.05, 3.63) is 66.0 Å². The summed E-state index contributed by atoms with van der Waals surface area (Å²) >= 11 is 0. The Morgan fingerprint density at radius 2 is 1.75 bits per heavy atom. The van der Waals surface area contributed by atoms with Crippen LogP contribution in [0.2, 0.25) is 0 Å². The average Bonchev–Trinajstić information content (AvgIpc) is 2.48. The minimum absolute atomic E-state index is 0.0122.